The number of hydrogen-bond donors (Lipinski definition) is 2. The topological polar surface area (TPSA) is 41.5 Å². The fraction of sp³-hybridized carbons (Fsp3) is 0.500. The van der Waals surface area contributed by atoms with Crippen LogP contribution in [0, 0.1) is 0 Å². The van der Waals surface area contributed by atoms with E-state index in [-0.39, 0.29) is 12.4 Å². The van der Waals surface area contributed by atoms with Gasteiger partial charge in [-0.1, -0.05) is 17.7 Å². The van der Waals surface area contributed by atoms with Crippen LogP contribution in [0.4, 0.5) is 0 Å². The van der Waals surface area contributed by atoms with Gasteiger partial charge in [-0.05, 0) is 37.6 Å². The highest BCUT2D eigenvalue weighted by Crippen LogP contribution is 2.21. The molecule has 3 nitrogen and oxygen atoms in total. The number of β-amino-alcohol motifs (C(OH)–C–C–N with tert-alkyl or cyclic N) is 1. The predicted molar refractivity (Wildman–Crippen MR) is 71.2 cm³/mol. The van der Waals surface area contributed by atoms with Crippen molar-refractivity contribution in [2.45, 2.75) is 18.4 Å². The van der Waals surface area contributed by atoms with E-state index in [9.17, 15) is 5.11 Å². The Bertz CT molecular complexity index is 354. The minimum atomic E-state index is -0.749. The second kappa shape index (κ2) is 6.45. The zero-order chi connectivity index (χ0) is 11.4. The van der Waals surface area contributed by atoms with E-state index in [1.807, 2.05) is 12.1 Å². The number of benzene rings is 1. The van der Waals surface area contributed by atoms with E-state index >= 15 is 0 Å². The SMILES string of the molecule is Cl.OC1(COc2cccc(Cl)c2)CCCNC1. The molecule has 0 saturated carbocycles. The second-order valence-corrected chi connectivity index (χ2v) is 4.69. The van der Waals surface area contributed by atoms with Crippen molar-refractivity contribution in [2.75, 3.05) is 19.7 Å². The Morgan fingerprint density at radius 3 is 2.94 bits per heavy atom. The first kappa shape index (κ1) is 14.6. The van der Waals surface area contributed by atoms with Crippen molar-refractivity contribution in [3.8, 4) is 5.75 Å². The van der Waals surface area contributed by atoms with Gasteiger partial charge in [0.1, 0.15) is 18.0 Å². The fourth-order valence-corrected chi connectivity index (χ4v) is 2.03. The third kappa shape index (κ3) is 4.36. The van der Waals surface area contributed by atoms with E-state index in [2.05, 4.69) is 5.32 Å². The standard InChI is InChI=1S/C12H16ClNO2.ClH/c13-10-3-1-4-11(7-10)16-9-12(15)5-2-6-14-8-12;/h1,3-4,7,14-15H,2,5-6,8-9H2;1H. The van der Waals surface area contributed by atoms with Gasteiger partial charge in [-0.2, -0.15) is 0 Å². The van der Waals surface area contributed by atoms with Gasteiger partial charge in [0.2, 0.25) is 0 Å². The first-order valence-electron chi connectivity index (χ1n) is 5.49. The Balaban J connectivity index is 0.00000144. The molecular weight excluding hydrogens is 261 g/mol. The summed E-state index contributed by atoms with van der Waals surface area (Å²) in [5.41, 5.74) is -0.749. The largest absolute Gasteiger partial charge is 0.490 e. The third-order valence-electron chi connectivity index (χ3n) is 2.75. The summed E-state index contributed by atoms with van der Waals surface area (Å²) < 4.78 is 5.55. The zero-order valence-corrected chi connectivity index (χ0v) is 11.1. The van der Waals surface area contributed by atoms with Gasteiger partial charge in [-0.15, -0.1) is 12.4 Å². The highest BCUT2D eigenvalue weighted by Gasteiger charge is 2.29. The number of halogens is 2. The molecule has 0 spiro atoms. The summed E-state index contributed by atoms with van der Waals surface area (Å²) in [5, 5.41) is 14.0. The molecule has 17 heavy (non-hydrogen) atoms. The summed E-state index contributed by atoms with van der Waals surface area (Å²) in [4.78, 5) is 0. The molecule has 1 saturated heterocycles. The molecule has 2 N–H and O–H groups in total. The summed E-state index contributed by atoms with van der Waals surface area (Å²) in [6, 6.07) is 7.22. The van der Waals surface area contributed by atoms with Gasteiger partial charge < -0.3 is 15.2 Å². The minimum absolute atomic E-state index is 0. The van der Waals surface area contributed by atoms with Gasteiger partial charge in [0.15, 0.2) is 0 Å². The van der Waals surface area contributed by atoms with Crippen LogP contribution in [0.5, 0.6) is 5.75 Å². The van der Waals surface area contributed by atoms with E-state index in [0.29, 0.717) is 23.9 Å². The van der Waals surface area contributed by atoms with Crippen molar-refractivity contribution in [1.29, 1.82) is 0 Å². The van der Waals surface area contributed by atoms with Crippen molar-refractivity contribution in [1.82, 2.24) is 5.32 Å². The molecule has 1 aromatic rings. The summed E-state index contributed by atoms with van der Waals surface area (Å²) >= 11 is 5.85. The van der Waals surface area contributed by atoms with Crippen LogP contribution in [0.1, 0.15) is 12.8 Å². The smallest absolute Gasteiger partial charge is 0.120 e. The maximum absolute atomic E-state index is 10.2. The van der Waals surface area contributed by atoms with Crippen LogP contribution in [0.2, 0.25) is 5.02 Å². The number of ether oxygens (including phenoxy) is 1. The predicted octanol–water partition coefficient (Wildman–Crippen LogP) is 2.26. The fourth-order valence-electron chi connectivity index (χ4n) is 1.85. The van der Waals surface area contributed by atoms with Crippen LogP contribution < -0.4 is 10.1 Å². The first-order valence-corrected chi connectivity index (χ1v) is 5.87. The van der Waals surface area contributed by atoms with Crippen LogP contribution >= 0.6 is 24.0 Å². The highest BCUT2D eigenvalue weighted by atomic mass is 35.5. The van der Waals surface area contributed by atoms with Crippen molar-refractivity contribution in [3.63, 3.8) is 0 Å². The van der Waals surface area contributed by atoms with Crippen LogP contribution in [-0.4, -0.2) is 30.4 Å². The number of hydrogen-bond acceptors (Lipinski definition) is 3. The Morgan fingerprint density at radius 2 is 2.29 bits per heavy atom. The van der Waals surface area contributed by atoms with Gasteiger partial charge in [0.25, 0.3) is 0 Å². The molecule has 0 amide bonds. The minimum Gasteiger partial charge on any atom is -0.490 e. The normalized spacial score (nSPS) is 23.9. The zero-order valence-electron chi connectivity index (χ0n) is 9.49. The molecule has 1 unspecified atom stereocenters. The number of aliphatic hydroxyl groups is 1. The molecule has 1 heterocycles. The number of rotatable bonds is 3. The molecule has 5 heteroatoms. The lowest BCUT2D eigenvalue weighted by atomic mass is 9.95. The molecule has 0 radical (unpaired) electrons. The van der Waals surface area contributed by atoms with E-state index in [1.165, 1.54) is 0 Å². The molecule has 1 aliphatic heterocycles. The molecule has 1 aliphatic rings. The highest BCUT2D eigenvalue weighted by molar-refractivity contribution is 6.30. The summed E-state index contributed by atoms with van der Waals surface area (Å²) in [6.45, 7) is 1.87. The van der Waals surface area contributed by atoms with Gasteiger partial charge in [-0.25, -0.2) is 0 Å². The monoisotopic (exact) mass is 277 g/mol. The lowest BCUT2D eigenvalue weighted by molar-refractivity contribution is -0.0230. The molecule has 1 atom stereocenters. The average molecular weight is 278 g/mol. The molecule has 0 bridgehead atoms. The summed E-state index contributed by atoms with van der Waals surface area (Å²) in [6.07, 6.45) is 1.76. The van der Waals surface area contributed by atoms with E-state index in [1.54, 1.807) is 12.1 Å². The third-order valence-corrected chi connectivity index (χ3v) is 2.99. The van der Waals surface area contributed by atoms with Gasteiger partial charge >= 0.3 is 0 Å². The van der Waals surface area contributed by atoms with Gasteiger partial charge in [-0.3, -0.25) is 0 Å². The molecule has 2 rings (SSSR count). The number of nitrogens with one attached hydrogen (secondary N) is 1. The molecular formula is C12H17Cl2NO2. The van der Waals surface area contributed by atoms with Crippen molar-refractivity contribution < 1.29 is 9.84 Å². The Labute approximate surface area is 113 Å². The van der Waals surface area contributed by atoms with E-state index in [0.717, 1.165) is 19.4 Å². The maximum Gasteiger partial charge on any atom is 0.120 e. The number of piperidine rings is 1. The molecule has 0 aromatic heterocycles. The molecule has 0 aliphatic carbocycles. The molecule has 96 valence electrons. The van der Waals surface area contributed by atoms with Crippen molar-refractivity contribution in [3.05, 3.63) is 29.3 Å². The van der Waals surface area contributed by atoms with Crippen LogP contribution in [0.25, 0.3) is 0 Å². The Kier molecular flexibility index (Phi) is 5.53. The van der Waals surface area contributed by atoms with Crippen molar-refractivity contribution in [2.24, 2.45) is 0 Å². The second-order valence-electron chi connectivity index (χ2n) is 4.25. The van der Waals surface area contributed by atoms with Gasteiger partial charge in [0.05, 0.1) is 0 Å². The van der Waals surface area contributed by atoms with Crippen molar-refractivity contribution >= 4 is 24.0 Å². The lowest BCUT2D eigenvalue weighted by Gasteiger charge is -2.32. The lowest BCUT2D eigenvalue weighted by Crippen LogP contribution is -2.49. The van der Waals surface area contributed by atoms with Gasteiger partial charge in [0, 0.05) is 11.6 Å². The molecule has 1 fully saturated rings. The van der Waals surface area contributed by atoms with E-state index < -0.39 is 5.60 Å². The quantitative estimate of drug-likeness (QED) is 0.891. The molecule has 1 aromatic carbocycles. The first-order chi connectivity index (χ1) is 7.68. The average Bonchev–Trinajstić information content (AvgIpc) is 2.28. The van der Waals surface area contributed by atoms with Crippen LogP contribution in [0.15, 0.2) is 24.3 Å². The summed E-state index contributed by atoms with van der Waals surface area (Å²) in [7, 11) is 0. The summed E-state index contributed by atoms with van der Waals surface area (Å²) in [5.74, 6) is 0.700. The Hall–Kier alpha value is -0.480. The van der Waals surface area contributed by atoms with Crippen LogP contribution in [0.3, 0.4) is 0 Å². The Morgan fingerprint density at radius 1 is 1.47 bits per heavy atom. The maximum atomic E-state index is 10.2. The van der Waals surface area contributed by atoms with E-state index in [4.69, 9.17) is 16.3 Å². The van der Waals surface area contributed by atoms with Crippen LogP contribution in [-0.2, 0) is 0 Å².